The maximum Gasteiger partial charge on any atom is 0.274 e. The van der Waals surface area contributed by atoms with E-state index in [1.807, 2.05) is 73.3 Å². The summed E-state index contributed by atoms with van der Waals surface area (Å²) in [4.78, 5) is 23.2. The minimum atomic E-state index is -0.253. The molecule has 0 atom stereocenters. The van der Waals surface area contributed by atoms with E-state index in [9.17, 15) is 4.79 Å². The Morgan fingerprint density at radius 3 is 2.44 bits per heavy atom. The average Bonchev–Trinajstić information content (AvgIpc) is 2.65. The molecule has 1 heterocycles. The average molecular weight is 332 g/mol. The third kappa shape index (κ3) is 4.01. The third-order valence-electron chi connectivity index (χ3n) is 3.81. The number of rotatable bonds is 5. The zero-order chi connectivity index (χ0) is 17.6. The molecule has 3 rings (SSSR count). The van der Waals surface area contributed by atoms with Gasteiger partial charge < -0.3 is 10.2 Å². The van der Waals surface area contributed by atoms with E-state index in [-0.39, 0.29) is 5.91 Å². The van der Waals surface area contributed by atoms with Crippen molar-refractivity contribution in [2.45, 2.75) is 13.8 Å². The molecule has 0 radical (unpaired) electrons. The highest BCUT2D eigenvalue weighted by Gasteiger charge is 2.14. The van der Waals surface area contributed by atoms with Gasteiger partial charge in [-0.1, -0.05) is 35.9 Å². The normalized spacial score (nSPS) is 10.3. The van der Waals surface area contributed by atoms with E-state index in [0.717, 1.165) is 16.9 Å². The summed E-state index contributed by atoms with van der Waals surface area (Å²) in [6.45, 7) is 4.73. The van der Waals surface area contributed by atoms with Crippen LogP contribution in [0.4, 0.5) is 17.3 Å². The first kappa shape index (κ1) is 16.6. The molecule has 25 heavy (non-hydrogen) atoms. The van der Waals surface area contributed by atoms with Crippen LogP contribution < -0.4 is 10.2 Å². The highest BCUT2D eigenvalue weighted by atomic mass is 16.1. The number of carbonyl (C=O) groups excluding carboxylic acids is 1. The number of para-hydroxylation sites is 1. The Bertz CT molecular complexity index is 847. The first-order valence-electron chi connectivity index (χ1n) is 8.21. The first-order valence-corrected chi connectivity index (χ1v) is 8.21. The van der Waals surface area contributed by atoms with Gasteiger partial charge in [0.1, 0.15) is 5.69 Å². The fraction of sp³-hybridized carbons (Fsp3) is 0.150. The number of hydrogen-bond donors (Lipinski definition) is 1. The molecule has 126 valence electrons. The van der Waals surface area contributed by atoms with Crippen molar-refractivity contribution in [2.75, 3.05) is 16.8 Å². The van der Waals surface area contributed by atoms with Gasteiger partial charge in [-0.25, -0.2) is 9.97 Å². The summed E-state index contributed by atoms with van der Waals surface area (Å²) in [6.07, 6.45) is 1.61. The summed E-state index contributed by atoms with van der Waals surface area (Å²) < 4.78 is 0. The topological polar surface area (TPSA) is 58.1 Å². The van der Waals surface area contributed by atoms with Gasteiger partial charge in [0.25, 0.3) is 5.91 Å². The lowest BCUT2D eigenvalue weighted by Gasteiger charge is -2.21. The first-order chi connectivity index (χ1) is 12.2. The molecule has 3 aromatic rings. The second kappa shape index (κ2) is 7.57. The Morgan fingerprint density at radius 2 is 1.76 bits per heavy atom. The number of anilines is 3. The molecule has 0 unspecified atom stereocenters. The van der Waals surface area contributed by atoms with Crippen LogP contribution in [0.2, 0.25) is 0 Å². The van der Waals surface area contributed by atoms with Gasteiger partial charge in [0.05, 0.1) is 0 Å². The van der Waals surface area contributed by atoms with Crippen molar-refractivity contribution in [3.63, 3.8) is 0 Å². The number of nitrogens with zero attached hydrogens (tertiary/aromatic N) is 3. The Kier molecular flexibility index (Phi) is 5.04. The SMILES string of the molecule is CCN(c1ccccc1)c1nccc(C(=O)Nc2ccc(C)cc2)n1. The molecular weight excluding hydrogens is 312 g/mol. The van der Waals surface area contributed by atoms with Crippen LogP contribution in [0.5, 0.6) is 0 Å². The van der Waals surface area contributed by atoms with Crippen LogP contribution in [0.3, 0.4) is 0 Å². The van der Waals surface area contributed by atoms with Gasteiger partial charge >= 0.3 is 0 Å². The smallest absolute Gasteiger partial charge is 0.274 e. The molecule has 5 heteroatoms. The summed E-state index contributed by atoms with van der Waals surface area (Å²) in [7, 11) is 0. The molecule has 0 saturated heterocycles. The number of benzene rings is 2. The van der Waals surface area contributed by atoms with Crippen LogP contribution >= 0.6 is 0 Å². The fourth-order valence-corrected chi connectivity index (χ4v) is 2.48. The predicted molar refractivity (Wildman–Crippen MR) is 100 cm³/mol. The van der Waals surface area contributed by atoms with Crippen LogP contribution in [0.25, 0.3) is 0 Å². The van der Waals surface area contributed by atoms with Crippen molar-refractivity contribution in [2.24, 2.45) is 0 Å². The number of carbonyl (C=O) groups is 1. The van der Waals surface area contributed by atoms with Crippen LogP contribution in [-0.4, -0.2) is 22.4 Å². The van der Waals surface area contributed by atoms with Crippen molar-refractivity contribution < 1.29 is 4.79 Å². The lowest BCUT2D eigenvalue weighted by Crippen LogP contribution is -2.21. The van der Waals surface area contributed by atoms with E-state index in [1.54, 1.807) is 12.3 Å². The monoisotopic (exact) mass is 332 g/mol. The summed E-state index contributed by atoms with van der Waals surface area (Å²) in [5.74, 6) is 0.252. The van der Waals surface area contributed by atoms with Gasteiger partial charge in [-0.3, -0.25) is 4.79 Å². The minimum Gasteiger partial charge on any atom is -0.321 e. The molecule has 1 amide bonds. The zero-order valence-corrected chi connectivity index (χ0v) is 14.3. The summed E-state index contributed by atoms with van der Waals surface area (Å²) in [5, 5.41) is 2.86. The van der Waals surface area contributed by atoms with Gasteiger partial charge in [0.15, 0.2) is 0 Å². The van der Waals surface area contributed by atoms with Crippen molar-refractivity contribution in [3.8, 4) is 0 Å². The van der Waals surface area contributed by atoms with Crippen molar-refractivity contribution in [1.82, 2.24) is 9.97 Å². The molecule has 0 fully saturated rings. The van der Waals surface area contributed by atoms with Crippen LogP contribution in [0, 0.1) is 6.92 Å². The molecule has 0 saturated carbocycles. The molecule has 5 nitrogen and oxygen atoms in total. The molecular formula is C20H20N4O. The van der Waals surface area contributed by atoms with E-state index in [4.69, 9.17) is 0 Å². The standard InChI is InChI=1S/C20H20N4O/c1-3-24(17-7-5-4-6-8-17)20-21-14-13-18(23-20)19(25)22-16-11-9-15(2)10-12-16/h4-14H,3H2,1-2H3,(H,22,25). The van der Waals surface area contributed by atoms with Crippen LogP contribution in [-0.2, 0) is 0 Å². The minimum absolute atomic E-state index is 0.253. The number of hydrogen-bond acceptors (Lipinski definition) is 4. The number of aryl methyl sites for hydroxylation is 1. The lowest BCUT2D eigenvalue weighted by atomic mass is 10.2. The van der Waals surface area contributed by atoms with E-state index < -0.39 is 0 Å². The van der Waals surface area contributed by atoms with Gasteiger partial charge in [0.2, 0.25) is 5.95 Å². The van der Waals surface area contributed by atoms with E-state index in [0.29, 0.717) is 18.2 Å². The van der Waals surface area contributed by atoms with Crippen LogP contribution in [0.1, 0.15) is 23.0 Å². The van der Waals surface area contributed by atoms with Crippen LogP contribution in [0.15, 0.2) is 66.9 Å². The molecule has 0 bridgehead atoms. The second-order valence-electron chi connectivity index (χ2n) is 5.64. The maximum atomic E-state index is 12.5. The molecule has 0 spiro atoms. The molecule has 0 aliphatic rings. The van der Waals surface area contributed by atoms with Gasteiger partial charge in [0, 0.05) is 24.1 Å². The van der Waals surface area contributed by atoms with Gasteiger partial charge in [-0.05, 0) is 44.2 Å². The Morgan fingerprint density at radius 1 is 1.04 bits per heavy atom. The number of nitrogens with one attached hydrogen (secondary N) is 1. The van der Waals surface area contributed by atoms with Crippen molar-refractivity contribution in [3.05, 3.63) is 78.1 Å². The molecule has 1 aromatic heterocycles. The molecule has 0 aliphatic carbocycles. The zero-order valence-electron chi connectivity index (χ0n) is 14.3. The highest BCUT2D eigenvalue weighted by molar-refractivity contribution is 6.03. The van der Waals surface area contributed by atoms with Gasteiger partial charge in [-0.2, -0.15) is 0 Å². The van der Waals surface area contributed by atoms with E-state index in [2.05, 4.69) is 15.3 Å². The molecule has 2 aromatic carbocycles. The molecule has 1 N–H and O–H groups in total. The Balaban J connectivity index is 1.83. The summed E-state index contributed by atoms with van der Waals surface area (Å²) in [6, 6.07) is 19.1. The van der Waals surface area contributed by atoms with Gasteiger partial charge in [-0.15, -0.1) is 0 Å². The third-order valence-corrected chi connectivity index (χ3v) is 3.81. The second-order valence-corrected chi connectivity index (χ2v) is 5.64. The van der Waals surface area contributed by atoms with Crippen molar-refractivity contribution >= 4 is 23.2 Å². The van der Waals surface area contributed by atoms with E-state index in [1.165, 1.54) is 0 Å². The molecule has 0 aliphatic heterocycles. The number of amides is 1. The Labute approximate surface area is 147 Å². The quantitative estimate of drug-likeness (QED) is 0.761. The maximum absolute atomic E-state index is 12.5. The summed E-state index contributed by atoms with van der Waals surface area (Å²) >= 11 is 0. The predicted octanol–water partition coefficient (Wildman–Crippen LogP) is 4.20. The lowest BCUT2D eigenvalue weighted by molar-refractivity contribution is 0.102. The Hall–Kier alpha value is -3.21. The fourth-order valence-electron chi connectivity index (χ4n) is 2.48. The van der Waals surface area contributed by atoms with E-state index >= 15 is 0 Å². The van der Waals surface area contributed by atoms with Crippen molar-refractivity contribution in [1.29, 1.82) is 0 Å². The number of aromatic nitrogens is 2. The summed E-state index contributed by atoms with van der Waals surface area (Å²) in [5.41, 5.74) is 3.20. The largest absolute Gasteiger partial charge is 0.321 e. The highest BCUT2D eigenvalue weighted by Crippen LogP contribution is 2.21.